The quantitative estimate of drug-likeness (QED) is 0.0915. The van der Waals surface area contributed by atoms with Gasteiger partial charge in [0.1, 0.15) is 17.2 Å². The second-order valence-electron chi connectivity index (χ2n) is 9.53. The predicted molar refractivity (Wildman–Crippen MR) is 161 cm³/mol. The van der Waals surface area contributed by atoms with E-state index in [1.807, 2.05) is 36.4 Å². The molecule has 0 radical (unpaired) electrons. The molecule has 9 nitrogen and oxygen atoms in total. The fraction of sp³-hybridized carbons (Fsp3) is 0.265. The largest absolute Gasteiger partial charge is 0.494 e. The molecule has 0 aliphatic rings. The van der Waals surface area contributed by atoms with Gasteiger partial charge >= 0.3 is 17.9 Å². The number of unbranched alkanes of at least 4 members (excludes halogenated alkanes) is 1. The molecule has 0 aliphatic carbocycles. The van der Waals surface area contributed by atoms with E-state index >= 15 is 0 Å². The van der Waals surface area contributed by atoms with Crippen molar-refractivity contribution < 1.29 is 43.2 Å². The van der Waals surface area contributed by atoms with E-state index in [1.54, 1.807) is 43.3 Å². The van der Waals surface area contributed by atoms with Crippen LogP contribution in [0.4, 0.5) is 0 Å². The molecule has 0 saturated carbocycles. The van der Waals surface area contributed by atoms with Gasteiger partial charge in [-0.1, -0.05) is 37.4 Å². The van der Waals surface area contributed by atoms with Gasteiger partial charge in [0, 0.05) is 12.0 Å². The maximum atomic E-state index is 12.6. The van der Waals surface area contributed by atoms with Crippen LogP contribution in [0.1, 0.15) is 36.5 Å². The lowest BCUT2D eigenvalue weighted by molar-refractivity contribution is -0.140. The maximum Gasteiger partial charge on any atom is 0.343 e. The number of rotatable bonds is 17. The summed E-state index contributed by atoms with van der Waals surface area (Å²) >= 11 is 0. The molecule has 0 atom stereocenters. The lowest BCUT2D eigenvalue weighted by Gasteiger charge is -2.09. The maximum absolute atomic E-state index is 12.6. The minimum atomic E-state index is -0.613. The zero-order valence-electron chi connectivity index (χ0n) is 24.2. The average molecular weight is 589 g/mol. The minimum Gasteiger partial charge on any atom is -0.494 e. The zero-order valence-corrected chi connectivity index (χ0v) is 24.2. The first-order chi connectivity index (χ1) is 20.8. The molecule has 1 N–H and O–H groups in total. The van der Waals surface area contributed by atoms with Gasteiger partial charge in [-0.05, 0) is 79.4 Å². The molecule has 0 aromatic heterocycles. The van der Waals surface area contributed by atoms with Crippen molar-refractivity contribution in [1.29, 1.82) is 0 Å². The number of carbonyl (C=O) groups excluding carboxylic acids is 3. The van der Waals surface area contributed by atoms with Crippen LogP contribution >= 0.6 is 0 Å². The summed E-state index contributed by atoms with van der Waals surface area (Å²) in [6, 6.07) is 21.4. The van der Waals surface area contributed by atoms with Gasteiger partial charge in [0.15, 0.2) is 0 Å². The van der Waals surface area contributed by atoms with Crippen LogP contribution in [0.5, 0.6) is 17.2 Å². The first-order valence-electron chi connectivity index (χ1n) is 13.8. The fourth-order valence-corrected chi connectivity index (χ4v) is 3.57. The molecule has 0 unspecified atom stereocenters. The summed E-state index contributed by atoms with van der Waals surface area (Å²) in [5, 5.41) is 8.86. The summed E-state index contributed by atoms with van der Waals surface area (Å²) in [4.78, 5) is 35.4. The van der Waals surface area contributed by atoms with Gasteiger partial charge in [-0.2, -0.15) is 0 Å². The summed E-state index contributed by atoms with van der Waals surface area (Å²) in [6.07, 6.45) is 1.89. The van der Waals surface area contributed by atoms with E-state index in [2.05, 4.69) is 13.2 Å². The van der Waals surface area contributed by atoms with Crippen LogP contribution in [0.25, 0.3) is 11.1 Å². The number of hydrogen-bond donors (Lipinski definition) is 1. The van der Waals surface area contributed by atoms with Gasteiger partial charge in [-0.25, -0.2) is 14.4 Å². The van der Waals surface area contributed by atoms with E-state index < -0.39 is 24.5 Å². The average Bonchev–Trinajstić information content (AvgIpc) is 3.02. The van der Waals surface area contributed by atoms with Crippen molar-refractivity contribution in [3.8, 4) is 28.4 Å². The SMILES string of the molecule is C=C(C)C(=O)OCCCCOc1ccc(C(=O)Oc2ccc(-c3ccc(OCCCOC(=O)C(=C)CO)cc3)cc2)cc1. The molecule has 0 amide bonds. The van der Waals surface area contributed by atoms with Gasteiger partial charge in [0.25, 0.3) is 0 Å². The highest BCUT2D eigenvalue weighted by molar-refractivity contribution is 5.91. The molecule has 0 fully saturated rings. The molecule has 0 spiro atoms. The Morgan fingerprint density at radius 2 is 1.09 bits per heavy atom. The number of aliphatic hydroxyl groups is 1. The molecule has 3 aromatic carbocycles. The number of benzene rings is 3. The molecule has 226 valence electrons. The third-order valence-corrected chi connectivity index (χ3v) is 6.00. The van der Waals surface area contributed by atoms with E-state index in [0.717, 1.165) is 11.1 Å². The summed E-state index contributed by atoms with van der Waals surface area (Å²) in [5.74, 6) is 0.244. The monoisotopic (exact) mass is 588 g/mol. The van der Waals surface area contributed by atoms with Crippen LogP contribution in [0.2, 0.25) is 0 Å². The van der Waals surface area contributed by atoms with E-state index in [-0.39, 0.29) is 12.2 Å². The normalized spacial score (nSPS) is 10.4. The highest BCUT2D eigenvalue weighted by Gasteiger charge is 2.10. The molecule has 3 rings (SSSR count). The topological polar surface area (TPSA) is 118 Å². The number of carbonyl (C=O) groups is 3. The van der Waals surface area contributed by atoms with Gasteiger partial charge < -0.3 is 28.8 Å². The van der Waals surface area contributed by atoms with E-state index in [1.165, 1.54) is 0 Å². The Morgan fingerprint density at radius 3 is 1.65 bits per heavy atom. The van der Waals surface area contributed by atoms with Crippen LogP contribution < -0.4 is 14.2 Å². The number of hydrogen-bond acceptors (Lipinski definition) is 9. The summed E-state index contributed by atoms with van der Waals surface area (Å²) < 4.78 is 26.9. The zero-order chi connectivity index (χ0) is 31.0. The smallest absolute Gasteiger partial charge is 0.343 e. The summed E-state index contributed by atoms with van der Waals surface area (Å²) in [7, 11) is 0. The first kappa shape index (κ1) is 32.6. The van der Waals surface area contributed by atoms with Crippen molar-refractivity contribution in [3.63, 3.8) is 0 Å². The Morgan fingerprint density at radius 1 is 0.628 bits per heavy atom. The van der Waals surface area contributed by atoms with Crippen molar-refractivity contribution >= 4 is 17.9 Å². The fourth-order valence-electron chi connectivity index (χ4n) is 3.57. The third kappa shape index (κ3) is 11.1. The molecule has 0 aliphatic heterocycles. The van der Waals surface area contributed by atoms with Crippen LogP contribution in [-0.4, -0.2) is 56.0 Å². The highest BCUT2D eigenvalue weighted by Crippen LogP contribution is 2.25. The van der Waals surface area contributed by atoms with Crippen molar-refractivity contribution in [3.05, 3.63) is 103 Å². The predicted octanol–water partition coefficient (Wildman–Crippen LogP) is 5.71. The number of esters is 3. The summed E-state index contributed by atoms with van der Waals surface area (Å²) in [6.45, 7) is 9.44. The van der Waals surface area contributed by atoms with Gasteiger partial charge in [0.2, 0.25) is 0 Å². The standard InChI is InChI=1S/C34H36O9/c1-24(2)32(36)41-20-5-4-19-39-30-15-11-28(12-16-30)34(38)43-31-17-9-27(10-18-31)26-7-13-29(14-8-26)40-21-6-22-42-33(37)25(3)23-35/h7-18,35H,1,3-6,19-23H2,2H3. The summed E-state index contributed by atoms with van der Waals surface area (Å²) in [5.41, 5.74) is 2.70. The molecular formula is C34H36O9. The minimum absolute atomic E-state index is 0.0188. The Labute approximate surface area is 251 Å². The molecule has 3 aromatic rings. The molecule has 0 saturated heterocycles. The van der Waals surface area contributed by atoms with Gasteiger partial charge in [0.05, 0.1) is 44.2 Å². The van der Waals surface area contributed by atoms with Crippen molar-refractivity contribution in [1.82, 2.24) is 0 Å². The van der Waals surface area contributed by atoms with E-state index in [0.29, 0.717) is 67.5 Å². The van der Waals surface area contributed by atoms with Crippen molar-refractivity contribution in [2.75, 3.05) is 33.0 Å². The first-order valence-corrected chi connectivity index (χ1v) is 13.8. The Kier molecular flexibility index (Phi) is 13.0. The number of ether oxygens (including phenoxy) is 5. The second kappa shape index (κ2) is 17.2. The van der Waals surface area contributed by atoms with Crippen LogP contribution in [0.15, 0.2) is 97.1 Å². The molecular weight excluding hydrogens is 552 g/mol. The Balaban J connectivity index is 1.38. The van der Waals surface area contributed by atoms with Crippen LogP contribution in [0.3, 0.4) is 0 Å². The molecule has 0 bridgehead atoms. The molecule has 9 heteroatoms. The van der Waals surface area contributed by atoms with Crippen LogP contribution in [-0.2, 0) is 19.1 Å². The van der Waals surface area contributed by atoms with E-state index in [9.17, 15) is 14.4 Å². The molecule has 43 heavy (non-hydrogen) atoms. The highest BCUT2D eigenvalue weighted by atomic mass is 16.5. The van der Waals surface area contributed by atoms with Crippen molar-refractivity contribution in [2.24, 2.45) is 0 Å². The number of aliphatic hydroxyl groups excluding tert-OH is 1. The Hall–Kier alpha value is -4.89. The van der Waals surface area contributed by atoms with E-state index in [4.69, 9.17) is 28.8 Å². The van der Waals surface area contributed by atoms with Crippen LogP contribution in [0, 0.1) is 0 Å². The van der Waals surface area contributed by atoms with Gasteiger partial charge in [-0.3, -0.25) is 0 Å². The lowest BCUT2D eigenvalue weighted by atomic mass is 10.1. The Bertz CT molecular complexity index is 1370. The van der Waals surface area contributed by atoms with Gasteiger partial charge in [-0.15, -0.1) is 0 Å². The molecule has 0 heterocycles. The third-order valence-electron chi connectivity index (χ3n) is 6.00. The van der Waals surface area contributed by atoms with Crippen molar-refractivity contribution in [2.45, 2.75) is 26.2 Å². The second-order valence-corrected chi connectivity index (χ2v) is 9.53. The lowest BCUT2D eigenvalue weighted by Crippen LogP contribution is -2.12.